The van der Waals surface area contributed by atoms with Gasteiger partial charge in [-0.1, -0.05) is 48.4 Å². The third-order valence-corrected chi connectivity index (χ3v) is 5.55. The molecular weight excluding hydrogens is 403 g/mol. The SMILES string of the molecule is CC(C)(C)O.CC1=C(C)C(C)C(CC(c2ccccc2)N2C=CN(C)[CH-]2)=C1C.[Ni]. The van der Waals surface area contributed by atoms with E-state index in [0.717, 1.165) is 6.42 Å². The van der Waals surface area contributed by atoms with Crippen LogP contribution in [0.15, 0.2) is 65.0 Å². The molecule has 0 bridgehead atoms. The molecule has 1 aromatic carbocycles. The molecule has 164 valence electrons. The third-order valence-electron chi connectivity index (χ3n) is 5.55. The van der Waals surface area contributed by atoms with E-state index in [1.54, 1.807) is 26.3 Å². The number of hydrogen-bond acceptors (Lipinski definition) is 3. The maximum absolute atomic E-state index is 8.52. The first-order chi connectivity index (χ1) is 13.0. The second-order valence-electron chi connectivity index (χ2n) is 9.01. The Morgan fingerprint density at radius 2 is 1.59 bits per heavy atom. The minimum atomic E-state index is -0.500. The number of hydrogen-bond donors (Lipinski definition) is 1. The van der Waals surface area contributed by atoms with Gasteiger partial charge in [0.25, 0.3) is 0 Å². The topological polar surface area (TPSA) is 26.7 Å². The maximum Gasteiger partial charge on any atom is 0.0563 e. The van der Waals surface area contributed by atoms with Gasteiger partial charge < -0.3 is 14.9 Å². The van der Waals surface area contributed by atoms with Crippen LogP contribution in [-0.2, 0) is 16.5 Å². The summed E-state index contributed by atoms with van der Waals surface area (Å²) in [5.41, 5.74) is 6.97. The van der Waals surface area contributed by atoms with Gasteiger partial charge in [-0.2, -0.15) is 6.67 Å². The largest absolute Gasteiger partial charge is 0.511 e. The van der Waals surface area contributed by atoms with E-state index in [-0.39, 0.29) is 16.5 Å². The molecule has 4 heteroatoms. The first-order valence-corrected chi connectivity index (χ1v) is 10.2. The zero-order valence-corrected chi connectivity index (χ0v) is 20.1. The fourth-order valence-corrected chi connectivity index (χ4v) is 3.71. The van der Waals surface area contributed by atoms with E-state index in [2.05, 4.69) is 93.9 Å². The Morgan fingerprint density at radius 1 is 1.03 bits per heavy atom. The molecule has 2 atom stereocenters. The quantitative estimate of drug-likeness (QED) is 0.457. The number of aliphatic hydroxyl groups is 1. The van der Waals surface area contributed by atoms with Crippen molar-refractivity contribution in [3.05, 3.63) is 77.3 Å². The van der Waals surface area contributed by atoms with Gasteiger partial charge in [-0.15, -0.1) is 0 Å². The molecule has 0 aromatic heterocycles. The molecule has 1 N–H and O–H groups in total. The van der Waals surface area contributed by atoms with Crippen molar-refractivity contribution >= 4 is 0 Å². The van der Waals surface area contributed by atoms with Crippen molar-refractivity contribution in [2.75, 3.05) is 7.05 Å². The first kappa shape index (κ1) is 25.5. The molecule has 3 rings (SSSR count). The first-order valence-electron chi connectivity index (χ1n) is 10.2. The van der Waals surface area contributed by atoms with Crippen molar-refractivity contribution in [1.29, 1.82) is 0 Å². The van der Waals surface area contributed by atoms with Gasteiger partial charge in [0.2, 0.25) is 0 Å². The van der Waals surface area contributed by atoms with E-state index in [4.69, 9.17) is 5.11 Å². The summed E-state index contributed by atoms with van der Waals surface area (Å²) in [6.45, 7) is 16.6. The van der Waals surface area contributed by atoms with Crippen LogP contribution in [-0.4, -0.2) is 27.6 Å². The van der Waals surface area contributed by atoms with Gasteiger partial charge >= 0.3 is 0 Å². The minimum Gasteiger partial charge on any atom is -0.511 e. The predicted molar refractivity (Wildman–Crippen MR) is 119 cm³/mol. The minimum absolute atomic E-state index is 0. The molecule has 1 aliphatic carbocycles. The van der Waals surface area contributed by atoms with E-state index >= 15 is 0 Å². The van der Waals surface area contributed by atoms with Crippen molar-refractivity contribution in [3.63, 3.8) is 0 Å². The second-order valence-corrected chi connectivity index (χ2v) is 9.01. The van der Waals surface area contributed by atoms with Gasteiger partial charge in [0, 0.05) is 22.5 Å². The van der Waals surface area contributed by atoms with Crippen LogP contribution in [0.25, 0.3) is 0 Å². The van der Waals surface area contributed by atoms with Crippen LogP contribution in [0.5, 0.6) is 0 Å². The second kappa shape index (κ2) is 10.5. The molecule has 0 amide bonds. The van der Waals surface area contributed by atoms with Crippen LogP contribution in [0.1, 0.15) is 66.5 Å². The van der Waals surface area contributed by atoms with Crippen LogP contribution in [0, 0.1) is 12.6 Å². The van der Waals surface area contributed by atoms with Crippen LogP contribution < -0.4 is 0 Å². The fraction of sp³-hybridized carbons (Fsp3) is 0.480. The summed E-state index contributed by atoms with van der Waals surface area (Å²) in [5, 5.41) is 8.52. The Labute approximate surface area is 188 Å². The number of rotatable bonds is 4. The molecule has 0 spiro atoms. The zero-order valence-electron chi connectivity index (χ0n) is 19.1. The predicted octanol–water partition coefficient (Wildman–Crippen LogP) is 6.03. The van der Waals surface area contributed by atoms with Crippen LogP contribution in [0.4, 0.5) is 0 Å². The van der Waals surface area contributed by atoms with Crippen molar-refractivity contribution in [3.8, 4) is 0 Å². The Kier molecular flexibility index (Phi) is 9.24. The molecule has 1 aromatic rings. The van der Waals surface area contributed by atoms with Crippen molar-refractivity contribution in [2.24, 2.45) is 5.92 Å². The van der Waals surface area contributed by atoms with E-state index in [0.29, 0.717) is 12.0 Å². The molecular formula is C25H37N2NiO-. The summed E-state index contributed by atoms with van der Waals surface area (Å²) >= 11 is 0. The van der Waals surface area contributed by atoms with Crippen molar-refractivity contribution < 1.29 is 21.6 Å². The summed E-state index contributed by atoms with van der Waals surface area (Å²) < 4.78 is 0. The average Bonchev–Trinajstić information content (AvgIpc) is 3.12. The molecule has 29 heavy (non-hydrogen) atoms. The van der Waals surface area contributed by atoms with Crippen LogP contribution >= 0.6 is 0 Å². The molecule has 1 heterocycles. The third kappa shape index (κ3) is 7.05. The standard InChI is InChI=1S/C21H27N2.C4H10O.Ni/c1-15-16(2)18(4)20(17(15)3)13-21(19-9-7-6-8-10-19)23-12-11-22(5)14-23;1-4(2,3)5;/h6-12,14,17,21H,13H2,1-5H3;5H,1-3H3;/q-1;;. The number of allylic oxidation sites excluding steroid dienone is 3. The maximum atomic E-state index is 8.52. The Morgan fingerprint density at radius 3 is 2.00 bits per heavy atom. The van der Waals surface area contributed by atoms with E-state index in [9.17, 15) is 0 Å². The summed E-state index contributed by atoms with van der Waals surface area (Å²) in [6.07, 6.45) is 5.37. The van der Waals surface area contributed by atoms with Crippen LogP contribution in [0.3, 0.4) is 0 Å². The van der Waals surface area contributed by atoms with E-state index < -0.39 is 5.60 Å². The van der Waals surface area contributed by atoms with Gasteiger partial charge in [-0.25, -0.2) is 0 Å². The van der Waals surface area contributed by atoms with Crippen molar-refractivity contribution in [2.45, 2.75) is 66.5 Å². The van der Waals surface area contributed by atoms with Gasteiger partial charge in [-0.3, -0.25) is 0 Å². The molecule has 0 radical (unpaired) electrons. The zero-order chi connectivity index (χ0) is 21.1. The van der Waals surface area contributed by atoms with E-state index in [1.807, 2.05) is 0 Å². The van der Waals surface area contributed by atoms with E-state index in [1.165, 1.54) is 22.3 Å². The van der Waals surface area contributed by atoms with Crippen molar-refractivity contribution in [1.82, 2.24) is 9.80 Å². The molecule has 0 fully saturated rings. The van der Waals surface area contributed by atoms with Crippen LogP contribution in [0.2, 0.25) is 0 Å². The van der Waals surface area contributed by atoms with Gasteiger partial charge in [0.05, 0.1) is 5.60 Å². The smallest absolute Gasteiger partial charge is 0.0563 e. The normalized spacial score (nSPS) is 20.0. The Balaban J connectivity index is 0.000000628. The monoisotopic (exact) mass is 439 g/mol. The fourth-order valence-electron chi connectivity index (χ4n) is 3.71. The molecule has 2 aliphatic rings. The number of benzene rings is 1. The summed E-state index contributed by atoms with van der Waals surface area (Å²) in [5.74, 6) is 0.561. The molecule has 0 saturated heterocycles. The summed E-state index contributed by atoms with van der Waals surface area (Å²) in [6, 6.07) is 11.2. The van der Waals surface area contributed by atoms with Gasteiger partial charge in [0.1, 0.15) is 0 Å². The van der Waals surface area contributed by atoms with Gasteiger partial charge in [0.15, 0.2) is 0 Å². The number of nitrogens with zero attached hydrogens (tertiary/aromatic N) is 2. The molecule has 0 saturated carbocycles. The molecule has 2 unspecified atom stereocenters. The Hall–Kier alpha value is -1.51. The summed E-state index contributed by atoms with van der Waals surface area (Å²) in [4.78, 5) is 4.45. The Bertz CT molecular complexity index is 753. The average molecular weight is 440 g/mol. The summed E-state index contributed by atoms with van der Waals surface area (Å²) in [7, 11) is 2.08. The van der Waals surface area contributed by atoms with Gasteiger partial charge in [-0.05, 0) is 90.0 Å². The molecule has 1 aliphatic heterocycles. The molecule has 3 nitrogen and oxygen atoms in total.